The molecule has 0 aliphatic heterocycles. The third kappa shape index (κ3) is 4.29. The van der Waals surface area contributed by atoms with Gasteiger partial charge in [-0.1, -0.05) is 6.07 Å². The molecule has 0 aliphatic carbocycles. The lowest BCUT2D eigenvalue weighted by molar-refractivity contribution is -0.121. The molecule has 0 bridgehead atoms. The number of hydrogen-bond acceptors (Lipinski definition) is 4. The smallest absolute Gasteiger partial charge is 0.221 e. The number of hydrogen-bond donors (Lipinski definition) is 2. The summed E-state index contributed by atoms with van der Waals surface area (Å²) in [4.78, 5) is 11.0. The van der Waals surface area contributed by atoms with Crippen LogP contribution in [0.5, 0.6) is 0 Å². The molecule has 7 heteroatoms. The Labute approximate surface area is 111 Å². The van der Waals surface area contributed by atoms with E-state index < -0.39 is 21.7 Å². The fraction of sp³-hybridized carbons (Fsp3) is 0.417. The summed E-state index contributed by atoms with van der Waals surface area (Å²) >= 11 is 0. The van der Waals surface area contributed by atoms with Gasteiger partial charge in [-0.2, -0.15) is 0 Å². The molecule has 0 heterocycles. The molecule has 1 aromatic carbocycles. The molecule has 0 aliphatic rings. The maximum absolute atomic E-state index is 13.7. The summed E-state index contributed by atoms with van der Waals surface area (Å²) in [6, 6.07) is 3.38. The Bertz CT molecular complexity index is 572. The third-order valence-electron chi connectivity index (χ3n) is 2.60. The number of nitrogens with one attached hydrogen (secondary N) is 1. The summed E-state index contributed by atoms with van der Waals surface area (Å²) < 4.78 is 36.2. The number of sulfone groups is 1. The molecule has 19 heavy (non-hydrogen) atoms. The van der Waals surface area contributed by atoms with E-state index >= 15 is 0 Å². The number of carbonyl (C=O) groups excluding carboxylic acids is 1. The molecule has 0 fully saturated rings. The van der Waals surface area contributed by atoms with E-state index in [2.05, 4.69) is 5.32 Å². The fourth-order valence-corrected chi connectivity index (χ4v) is 2.34. The van der Waals surface area contributed by atoms with Crippen molar-refractivity contribution in [1.82, 2.24) is 5.32 Å². The van der Waals surface area contributed by atoms with Gasteiger partial charge in [0.2, 0.25) is 5.91 Å². The van der Waals surface area contributed by atoms with Crippen molar-refractivity contribution in [3.8, 4) is 0 Å². The van der Waals surface area contributed by atoms with E-state index in [-0.39, 0.29) is 23.8 Å². The normalized spacial score (nSPS) is 13.1. The summed E-state index contributed by atoms with van der Waals surface area (Å²) in [6.07, 6.45) is 1.13. The minimum atomic E-state index is -3.59. The van der Waals surface area contributed by atoms with E-state index in [0.29, 0.717) is 5.56 Å². The van der Waals surface area contributed by atoms with Crippen molar-refractivity contribution in [1.29, 1.82) is 0 Å². The van der Waals surface area contributed by atoms with E-state index in [1.807, 2.05) is 0 Å². The van der Waals surface area contributed by atoms with Crippen molar-refractivity contribution in [2.75, 3.05) is 12.8 Å². The topological polar surface area (TPSA) is 89.3 Å². The van der Waals surface area contributed by atoms with Crippen LogP contribution in [0.2, 0.25) is 0 Å². The first-order valence-corrected chi connectivity index (χ1v) is 7.63. The van der Waals surface area contributed by atoms with E-state index in [1.54, 1.807) is 6.92 Å². The lowest BCUT2D eigenvalue weighted by atomic mass is 10.1. The highest BCUT2D eigenvalue weighted by Crippen LogP contribution is 2.20. The number of rotatable bonds is 5. The zero-order valence-corrected chi connectivity index (χ0v) is 11.6. The van der Waals surface area contributed by atoms with E-state index in [1.165, 1.54) is 12.1 Å². The second kappa shape index (κ2) is 6.12. The number of nitrogens with two attached hydrogens (primary N) is 1. The van der Waals surface area contributed by atoms with Crippen molar-refractivity contribution in [3.05, 3.63) is 29.6 Å². The summed E-state index contributed by atoms with van der Waals surface area (Å²) in [5.41, 5.74) is 5.74. The van der Waals surface area contributed by atoms with Gasteiger partial charge in [-0.05, 0) is 24.6 Å². The van der Waals surface area contributed by atoms with E-state index in [0.717, 1.165) is 12.3 Å². The van der Waals surface area contributed by atoms with Gasteiger partial charge in [0.05, 0.1) is 6.04 Å². The zero-order chi connectivity index (χ0) is 14.6. The lowest BCUT2D eigenvalue weighted by Crippen LogP contribution is -2.28. The van der Waals surface area contributed by atoms with Crippen LogP contribution in [-0.2, 0) is 14.6 Å². The summed E-state index contributed by atoms with van der Waals surface area (Å²) in [5.74, 6) is -1.05. The summed E-state index contributed by atoms with van der Waals surface area (Å²) in [6.45, 7) is 1.92. The van der Waals surface area contributed by atoms with Crippen LogP contribution in [0.4, 0.5) is 4.39 Å². The SMILES string of the molecule is CC(NC(=O)CCN)c1ccc(S(C)(=O)=O)c(F)c1. The van der Waals surface area contributed by atoms with Crippen LogP contribution in [0.3, 0.4) is 0 Å². The molecule has 0 saturated carbocycles. The summed E-state index contributed by atoms with van der Waals surface area (Å²) in [7, 11) is -3.59. The minimum absolute atomic E-state index is 0.189. The highest BCUT2D eigenvalue weighted by atomic mass is 32.2. The first-order valence-electron chi connectivity index (χ1n) is 5.74. The number of carbonyl (C=O) groups is 1. The van der Waals surface area contributed by atoms with Crippen molar-refractivity contribution in [3.63, 3.8) is 0 Å². The van der Waals surface area contributed by atoms with Gasteiger partial charge < -0.3 is 11.1 Å². The molecule has 0 saturated heterocycles. The van der Waals surface area contributed by atoms with Crippen LogP contribution in [0, 0.1) is 5.82 Å². The van der Waals surface area contributed by atoms with Crippen LogP contribution >= 0.6 is 0 Å². The van der Waals surface area contributed by atoms with Crippen molar-refractivity contribution < 1.29 is 17.6 Å². The molecule has 1 rings (SSSR count). The number of amides is 1. The second-order valence-electron chi connectivity index (χ2n) is 4.29. The van der Waals surface area contributed by atoms with Crippen LogP contribution in [0.1, 0.15) is 24.9 Å². The lowest BCUT2D eigenvalue weighted by Gasteiger charge is -2.15. The van der Waals surface area contributed by atoms with Gasteiger partial charge in [0.1, 0.15) is 10.7 Å². The van der Waals surface area contributed by atoms with Gasteiger partial charge in [0.15, 0.2) is 9.84 Å². The fourth-order valence-electron chi connectivity index (χ4n) is 1.62. The Morgan fingerprint density at radius 2 is 2.11 bits per heavy atom. The van der Waals surface area contributed by atoms with E-state index in [9.17, 15) is 17.6 Å². The molecular weight excluding hydrogens is 271 g/mol. The van der Waals surface area contributed by atoms with Crippen LogP contribution in [-0.4, -0.2) is 27.1 Å². The maximum Gasteiger partial charge on any atom is 0.221 e. The molecule has 1 unspecified atom stereocenters. The molecular formula is C12H17FN2O3S. The van der Waals surface area contributed by atoms with Gasteiger partial charge in [0, 0.05) is 19.2 Å². The monoisotopic (exact) mass is 288 g/mol. The van der Waals surface area contributed by atoms with Crippen molar-refractivity contribution in [2.45, 2.75) is 24.3 Å². The van der Waals surface area contributed by atoms with Gasteiger partial charge >= 0.3 is 0 Å². The zero-order valence-electron chi connectivity index (χ0n) is 10.8. The first-order chi connectivity index (χ1) is 8.75. The number of halogens is 1. The molecule has 0 spiro atoms. The Morgan fingerprint density at radius 3 is 2.58 bits per heavy atom. The average Bonchev–Trinajstić information content (AvgIpc) is 2.27. The largest absolute Gasteiger partial charge is 0.350 e. The Kier molecular flexibility index (Phi) is 5.02. The predicted octanol–water partition coefficient (Wildman–Crippen LogP) is 0.755. The number of benzene rings is 1. The quantitative estimate of drug-likeness (QED) is 0.837. The maximum atomic E-state index is 13.7. The average molecular weight is 288 g/mol. The Balaban J connectivity index is 2.92. The molecule has 5 nitrogen and oxygen atoms in total. The predicted molar refractivity (Wildman–Crippen MR) is 69.7 cm³/mol. The molecule has 1 atom stereocenters. The molecule has 0 radical (unpaired) electrons. The molecule has 1 aromatic rings. The Morgan fingerprint density at radius 1 is 1.47 bits per heavy atom. The standard InChI is InChI=1S/C12H17FN2O3S/c1-8(15-12(16)5-6-14)9-3-4-11(10(13)7-9)19(2,17)18/h3-4,7-8H,5-6,14H2,1-2H3,(H,15,16). The van der Waals surface area contributed by atoms with Crippen LogP contribution in [0.15, 0.2) is 23.1 Å². The van der Waals surface area contributed by atoms with Gasteiger partial charge in [0.25, 0.3) is 0 Å². The van der Waals surface area contributed by atoms with Gasteiger partial charge in [-0.3, -0.25) is 4.79 Å². The van der Waals surface area contributed by atoms with Crippen LogP contribution in [0.25, 0.3) is 0 Å². The van der Waals surface area contributed by atoms with Crippen molar-refractivity contribution >= 4 is 15.7 Å². The molecule has 106 valence electrons. The second-order valence-corrected chi connectivity index (χ2v) is 6.27. The van der Waals surface area contributed by atoms with Crippen LogP contribution < -0.4 is 11.1 Å². The Hall–Kier alpha value is -1.47. The molecule has 3 N–H and O–H groups in total. The highest BCUT2D eigenvalue weighted by molar-refractivity contribution is 7.90. The van der Waals surface area contributed by atoms with Crippen molar-refractivity contribution in [2.24, 2.45) is 5.73 Å². The molecule has 0 aromatic heterocycles. The first kappa shape index (κ1) is 15.6. The summed E-state index contributed by atoms with van der Waals surface area (Å²) in [5, 5.41) is 2.65. The third-order valence-corrected chi connectivity index (χ3v) is 3.73. The highest BCUT2D eigenvalue weighted by Gasteiger charge is 2.16. The van der Waals surface area contributed by atoms with E-state index in [4.69, 9.17) is 5.73 Å². The minimum Gasteiger partial charge on any atom is -0.350 e. The molecule has 1 amide bonds. The van der Waals surface area contributed by atoms with Gasteiger partial charge in [-0.25, -0.2) is 12.8 Å². The van der Waals surface area contributed by atoms with Gasteiger partial charge in [-0.15, -0.1) is 0 Å².